The van der Waals surface area contributed by atoms with Crippen molar-refractivity contribution in [3.63, 3.8) is 0 Å². The van der Waals surface area contributed by atoms with Gasteiger partial charge in [-0.25, -0.2) is 4.98 Å². The molecule has 0 bridgehead atoms. The van der Waals surface area contributed by atoms with Crippen molar-refractivity contribution in [3.8, 4) is 0 Å². The Kier molecular flexibility index (Phi) is 4.52. The number of H-pyrrole nitrogens is 1. The molecular formula is C24H19N3O3. The summed E-state index contributed by atoms with van der Waals surface area (Å²) in [6, 6.07) is 20.8. The predicted octanol–water partition coefficient (Wildman–Crippen LogP) is 4.78. The highest BCUT2D eigenvalue weighted by Crippen LogP contribution is 2.30. The number of aryl methyl sites for hydroxylation is 1. The third-order valence-electron chi connectivity index (χ3n) is 5.14. The van der Waals surface area contributed by atoms with Crippen LogP contribution in [-0.2, 0) is 11.2 Å². The molecule has 6 nitrogen and oxygen atoms in total. The molecule has 5 rings (SSSR count). The van der Waals surface area contributed by atoms with E-state index in [2.05, 4.69) is 15.3 Å². The van der Waals surface area contributed by atoms with Gasteiger partial charge >= 0.3 is 0 Å². The fourth-order valence-corrected chi connectivity index (χ4v) is 3.70. The molecule has 0 saturated heterocycles. The summed E-state index contributed by atoms with van der Waals surface area (Å²) in [6.45, 7) is 0. The number of carbonyl (C=O) groups excluding carboxylic acids is 1. The van der Waals surface area contributed by atoms with Gasteiger partial charge in [-0.2, -0.15) is 0 Å². The topological polar surface area (TPSA) is 88.0 Å². The van der Waals surface area contributed by atoms with Gasteiger partial charge in [0.05, 0.1) is 10.9 Å². The van der Waals surface area contributed by atoms with E-state index in [1.54, 1.807) is 6.07 Å². The molecule has 0 aliphatic carbocycles. The molecule has 0 fully saturated rings. The Bertz CT molecular complexity index is 1450. The highest BCUT2D eigenvalue weighted by atomic mass is 16.3. The number of hydrogen-bond acceptors (Lipinski definition) is 4. The summed E-state index contributed by atoms with van der Waals surface area (Å²) in [7, 11) is 0. The van der Waals surface area contributed by atoms with Crippen molar-refractivity contribution in [1.29, 1.82) is 0 Å². The number of para-hydroxylation sites is 2. The molecule has 2 heterocycles. The molecule has 0 spiro atoms. The number of aromatic amines is 1. The standard InChI is InChI=1S/C24H19N3O3/c28-23(11-5-10-22-26-19-8-3-1-7-18(19)24(29)27-22)25-15-12-13-17-16-6-2-4-9-20(16)30-21(17)14-15/h1-4,6-9,12-14H,5,10-11H2,(H,25,28)(H,26,27,29). The molecule has 0 saturated carbocycles. The van der Waals surface area contributed by atoms with Gasteiger partial charge in [0.1, 0.15) is 17.0 Å². The van der Waals surface area contributed by atoms with Gasteiger partial charge in [0.15, 0.2) is 0 Å². The molecular weight excluding hydrogens is 378 g/mol. The van der Waals surface area contributed by atoms with E-state index in [4.69, 9.17) is 4.42 Å². The van der Waals surface area contributed by atoms with Crippen LogP contribution in [0.15, 0.2) is 75.9 Å². The molecule has 0 aliphatic rings. The number of carbonyl (C=O) groups is 1. The number of nitrogens with one attached hydrogen (secondary N) is 2. The number of benzene rings is 3. The van der Waals surface area contributed by atoms with Crippen LogP contribution < -0.4 is 10.9 Å². The number of rotatable bonds is 5. The number of hydrogen-bond donors (Lipinski definition) is 2. The molecule has 6 heteroatoms. The number of amides is 1. The number of fused-ring (bicyclic) bond motifs is 4. The lowest BCUT2D eigenvalue weighted by molar-refractivity contribution is -0.116. The van der Waals surface area contributed by atoms with Gasteiger partial charge < -0.3 is 14.7 Å². The average Bonchev–Trinajstić information content (AvgIpc) is 3.11. The van der Waals surface area contributed by atoms with Gasteiger partial charge in [-0.3, -0.25) is 9.59 Å². The summed E-state index contributed by atoms with van der Waals surface area (Å²) in [5.41, 5.74) is 2.78. The zero-order chi connectivity index (χ0) is 20.5. The maximum absolute atomic E-state index is 12.4. The second kappa shape index (κ2) is 7.48. The third kappa shape index (κ3) is 3.43. The van der Waals surface area contributed by atoms with Crippen molar-refractivity contribution in [2.24, 2.45) is 0 Å². The minimum atomic E-state index is -0.154. The molecule has 30 heavy (non-hydrogen) atoms. The highest BCUT2D eigenvalue weighted by molar-refractivity contribution is 6.06. The first kappa shape index (κ1) is 18.1. The van der Waals surface area contributed by atoms with Crippen molar-refractivity contribution in [2.75, 3.05) is 5.32 Å². The van der Waals surface area contributed by atoms with Crippen LogP contribution in [0, 0.1) is 0 Å². The average molecular weight is 397 g/mol. The number of nitrogens with zero attached hydrogens (tertiary/aromatic N) is 1. The second-order valence-corrected chi connectivity index (χ2v) is 7.24. The van der Waals surface area contributed by atoms with Crippen molar-refractivity contribution in [2.45, 2.75) is 19.3 Å². The fraction of sp³-hybridized carbons (Fsp3) is 0.125. The first-order valence-corrected chi connectivity index (χ1v) is 9.86. The SMILES string of the molecule is O=C(CCCc1nc2ccccc2c(=O)[nH]1)Nc1ccc2c(c1)oc1ccccc12. The van der Waals surface area contributed by atoms with Crippen LogP contribution in [0.5, 0.6) is 0 Å². The van der Waals surface area contributed by atoms with E-state index >= 15 is 0 Å². The van der Waals surface area contributed by atoms with Crippen LogP contribution in [0.3, 0.4) is 0 Å². The highest BCUT2D eigenvalue weighted by Gasteiger charge is 2.09. The van der Waals surface area contributed by atoms with E-state index in [9.17, 15) is 9.59 Å². The lowest BCUT2D eigenvalue weighted by Gasteiger charge is -2.06. The van der Waals surface area contributed by atoms with Crippen molar-refractivity contribution in [3.05, 3.63) is 82.9 Å². The van der Waals surface area contributed by atoms with Crippen LogP contribution in [0.4, 0.5) is 5.69 Å². The van der Waals surface area contributed by atoms with E-state index in [1.807, 2.05) is 60.7 Å². The van der Waals surface area contributed by atoms with E-state index in [0.29, 0.717) is 41.7 Å². The molecule has 5 aromatic rings. The van der Waals surface area contributed by atoms with Crippen molar-refractivity contribution in [1.82, 2.24) is 9.97 Å². The molecule has 2 N–H and O–H groups in total. The smallest absolute Gasteiger partial charge is 0.258 e. The van der Waals surface area contributed by atoms with Crippen molar-refractivity contribution < 1.29 is 9.21 Å². The first-order chi connectivity index (χ1) is 14.7. The van der Waals surface area contributed by atoms with Gasteiger partial charge in [0.25, 0.3) is 5.56 Å². The minimum absolute atomic E-state index is 0.0893. The number of anilines is 1. The monoisotopic (exact) mass is 397 g/mol. The minimum Gasteiger partial charge on any atom is -0.456 e. The van der Waals surface area contributed by atoms with E-state index in [0.717, 1.165) is 21.9 Å². The van der Waals surface area contributed by atoms with Crippen LogP contribution in [0.25, 0.3) is 32.8 Å². The largest absolute Gasteiger partial charge is 0.456 e. The van der Waals surface area contributed by atoms with Gasteiger partial charge in [-0.1, -0.05) is 30.3 Å². The zero-order valence-electron chi connectivity index (χ0n) is 16.1. The molecule has 0 aliphatic heterocycles. The maximum atomic E-state index is 12.4. The van der Waals surface area contributed by atoms with E-state index < -0.39 is 0 Å². The van der Waals surface area contributed by atoms with Gasteiger partial charge in [-0.15, -0.1) is 0 Å². The molecule has 3 aromatic carbocycles. The summed E-state index contributed by atoms with van der Waals surface area (Å²) >= 11 is 0. The van der Waals surface area contributed by atoms with Crippen LogP contribution in [-0.4, -0.2) is 15.9 Å². The Morgan fingerprint density at radius 3 is 2.60 bits per heavy atom. The lowest BCUT2D eigenvalue weighted by Crippen LogP contribution is -2.14. The molecule has 0 unspecified atom stereocenters. The second-order valence-electron chi connectivity index (χ2n) is 7.24. The van der Waals surface area contributed by atoms with Gasteiger partial charge in [-0.05, 0) is 36.8 Å². The quantitative estimate of drug-likeness (QED) is 0.447. The van der Waals surface area contributed by atoms with Crippen LogP contribution in [0.1, 0.15) is 18.7 Å². The predicted molar refractivity (Wildman–Crippen MR) is 118 cm³/mol. The molecule has 0 atom stereocenters. The normalized spacial score (nSPS) is 11.3. The summed E-state index contributed by atoms with van der Waals surface area (Å²) in [5.74, 6) is 0.504. The number of furan rings is 1. The summed E-state index contributed by atoms with van der Waals surface area (Å²) in [4.78, 5) is 31.7. The van der Waals surface area contributed by atoms with Crippen molar-refractivity contribution >= 4 is 44.4 Å². The third-order valence-corrected chi connectivity index (χ3v) is 5.14. The Labute approximate surface area is 171 Å². The Morgan fingerprint density at radius 1 is 0.933 bits per heavy atom. The molecule has 2 aromatic heterocycles. The Morgan fingerprint density at radius 2 is 1.70 bits per heavy atom. The summed E-state index contributed by atoms with van der Waals surface area (Å²) < 4.78 is 5.87. The zero-order valence-corrected chi connectivity index (χ0v) is 16.1. The van der Waals surface area contributed by atoms with E-state index in [-0.39, 0.29) is 11.5 Å². The summed E-state index contributed by atoms with van der Waals surface area (Å²) in [6.07, 6.45) is 1.44. The van der Waals surface area contributed by atoms with Gasteiger partial charge in [0.2, 0.25) is 5.91 Å². The Balaban J connectivity index is 1.24. The molecule has 1 amide bonds. The lowest BCUT2D eigenvalue weighted by atomic mass is 10.1. The van der Waals surface area contributed by atoms with Crippen LogP contribution in [0.2, 0.25) is 0 Å². The molecule has 148 valence electrons. The maximum Gasteiger partial charge on any atom is 0.258 e. The molecule has 0 radical (unpaired) electrons. The number of aromatic nitrogens is 2. The van der Waals surface area contributed by atoms with E-state index in [1.165, 1.54) is 0 Å². The Hall–Kier alpha value is -3.93. The fourth-order valence-electron chi connectivity index (χ4n) is 3.70. The summed E-state index contributed by atoms with van der Waals surface area (Å²) in [5, 5.41) is 5.56. The van der Waals surface area contributed by atoms with Crippen LogP contribution >= 0.6 is 0 Å². The first-order valence-electron chi connectivity index (χ1n) is 9.86. The van der Waals surface area contributed by atoms with Gasteiger partial charge in [0, 0.05) is 35.4 Å².